The number of imide groups is 1. The Morgan fingerprint density at radius 1 is 1.00 bits per heavy atom. The third-order valence-electron chi connectivity index (χ3n) is 5.41. The molecule has 1 unspecified atom stereocenters. The van der Waals surface area contributed by atoms with E-state index in [1.165, 1.54) is 5.56 Å². The van der Waals surface area contributed by atoms with E-state index in [0.717, 1.165) is 28.5 Å². The maximum absolute atomic E-state index is 12.4. The molecular weight excluding hydrogens is 452 g/mol. The summed E-state index contributed by atoms with van der Waals surface area (Å²) < 4.78 is 0. The Labute approximate surface area is 201 Å². The van der Waals surface area contributed by atoms with E-state index in [2.05, 4.69) is 16.4 Å². The summed E-state index contributed by atoms with van der Waals surface area (Å²) in [6.07, 6.45) is 4.37. The van der Waals surface area contributed by atoms with E-state index in [-0.39, 0.29) is 11.9 Å². The molecule has 0 aliphatic carbocycles. The fourth-order valence-corrected chi connectivity index (χ4v) is 3.79. The predicted molar refractivity (Wildman–Crippen MR) is 128 cm³/mol. The maximum Gasteiger partial charge on any atom is 0.328 e. The van der Waals surface area contributed by atoms with Crippen LogP contribution in [0.1, 0.15) is 16.7 Å². The summed E-state index contributed by atoms with van der Waals surface area (Å²) in [6.45, 7) is 0.996. The fraction of sp³-hybridized carbons (Fsp3) is 0.200. The fourth-order valence-electron chi connectivity index (χ4n) is 3.79. The number of aliphatic carboxylic acids is 2. The minimum Gasteiger partial charge on any atom is -0.478 e. The Morgan fingerprint density at radius 3 is 2.31 bits per heavy atom. The highest BCUT2D eigenvalue weighted by molar-refractivity contribution is 6.04. The van der Waals surface area contributed by atoms with E-state index in [4.69, 9.17) is 15.9 Å². The van der Waals surface area contributed by atoms with Crippen LogP contribution in [0.4, 0.5) is 4.79 Å². The predicted octanol–water partition coefficient (Wildman–Crippen LogP) is 2.04. The number of nitrogens with zero attached hydrogens (tertiary/aromatic N) is 1. The van der Waals surface area contributed by atoms with E-state index in [1.54, 1.807) is 4.90 Å². The van der Waals surface area contributed by atoms with Crippen LogP contribution in [0.15, 0.2) is 66.9 Å². The topological polar surface area (TPSA) is 166 Å². The number of nitrogens with two attached hydrogens (primary N) is 1. The number of nitrogens with one attached hydrogen (secondary N) is 2. The number of aromatic amines is 1. The van der Waals surface area contributed by atoms with Gasteiger partial charge < -0.3 is 25.8 Å². The van der Waals surface area contributed by atoms with Crippen molar-refractivity contribution in [2.75, 3.05) is 6.54 Å². The lowest BCUT2D eigenvalue weighted by Gasteiger charge is -2.22. The minimum atomic E-state index is -1.26. The van der Waals surface area contributed by atoms with Crippen LogP contribution in [-0.4, -0.2) is 56.6 Å². The van der Waals surface area contributed by atoms with Gasteiger partial charge in [-0.05, 0) is 41.8 Å². The number of fused-ring (bicyclic) bond motifs is 1. The number of carbonyl (C=O) groups excluding carboxylic acids is 2. The van der Waals surface area contributed by atoms with E-state index in [9.17, 15) is 19.2 Å². The van der Waals surface area contributed by atoms with Gasteiger partial charge in [-0.2, -0.15) is 0 Å². The molecule has 1 fully saturated rings. The molecular formula is C25H26N4O6. The molecule has 1 aliphatic rings. The number of rotatable bonds is 8. The number of carbonyl (C=O) groups is 4. The quantitative estimate of drug-likeness (QED) is 0.244. The van der Waals surface area contributed by atoms with Crippen molar-refractivity contribution in [2.24, 2.45) is 5.73 Å². The molecule has 10 heteroatoms. The van der Waals surface area contributed by atoms with Gasteiger partial charge in [0.1, 0.15) is 6.04 Å². The molecule has 4 rings (SSSR count). The molecule has 0 radical (unpaired) electrons. The lowest BCUT2D eigenvalue weighted by molar-refractivity contribution is -0.134. The summed E-state index contributed by atoms with van der Waals surface area (Å²) in [4.78, 5) is 48.6. The summed E-state index contributed by atoms with van der Waals surface area (Å²) >= 11 is 0. The molecule has 3 amide bonds. The van der Waals surface area contributed by atoms with Crippen molar-refractivity contribution in [1.82, 2.24) is 15.2 Å². The van der Waals surface area contributed by atoms with Gasteiger partial charge >= 0.3 is 18.0 Å². The summed E-state index contributed by atoms with van der Waals surface area (Å²) in [5.41, 5.74) is 9.94. The lowest BCUT2D eigenvalue weighted by atomic mass is 10.0. The Hall–Kier alpha value is -4.44. The molecule has 1 saturated heterocycles. The Morgan fingerprint density at radius 2 is 1.69 bits per heavy atom. The highest BCUT2D eigenvalue weighted by Crippen LogP contribution is 2.23. The molecule has 1 atom stereocenters. The summed E-state index contributed by atoms with van der Waals surface area (Å²) in [7, 11) is 0. The van der Waals surface area contributed by atoms with Crippen LogP contribution in [0, 0.1) is 0 Å². The van der Waals surface area contributed by atoms with Crippen molar-refractivity contribution in [3.63, 3.8) is 0 Å². The van der Waals surface area contributed by atoms with E-state index < -0.39 is 18.0 Å². The van der Waals surface area contributed by atoms with E-state index in [1.807, 2.05) is 48.7 Å². The molecule has 0 bridgehead atoms. The molecule has 10 nitrogen and oxygen atoms in total. The second-order valence-electron chi connectivity index (χ2n) is 7.87. The number of amides is 3. The van der Waals surface area contributed by atoms with Crippen LogP contribution in [-0.2, 0) is 33.8 Å². The number of hydrogen-bond donors (Lipinski definition) is 5. The van der Waals surface area contributed by atoms with Gasteiger partial charge in [0.25, 0.3) is 5.91 Å². The number of H-pyrrole nitrogens is 1. The van der Waals surface area contributed by atoms with Crippen molar-refractivity contribution in [3.8, 4) is 0 Å². The third-order valence-corrected chi connectivity index (χ3v) is 5.41. The van der Waals surface area contributed by atoms with Gasteiger partial charge in [0, 0.05) is 42.2 Å². The summed E-state index contributed by atoms with van der Waals surface area (Å²) in [5, 5.41) is 19.2. The molecule has 2 heterocycles. The minimum absolute atomic E-state index is 0.243. The largest absolute Gasteiger partial charge is 0.478 e. The molecule has 3 aromatic rings. The Bertz CT molecular complexity index is 1240. The molecule has 0 spiro atoms. The van der Waals surface area contributed by atoms with Gasteiger partial charge in [-0.1, -0.05) is 36.4 Å². The summed E-state index contributed by atoms with van der Waals surface area (Å²) in [6, 6.07) is 15.0. The van der Waals surface area contributed by atoms with Gasteiger partial charge in [0.15, 0.2) is 0 Å². The van der Waals surface area contributed by atoms with Crippen molar-refractivity contribution in [1.29, 1.82) is 0 Å². The first-order valence-corrected chi connectivity index (χ1v) is 10.9. The number of urea groups is 1. The van der Waals surface area contributed by atoms with Crippen molar-refractivity contribution < 1.29 is 29.4 Å². The number of aromatic nitrogens is 1. The lowest BCUT2D eigenvalue weighted by Crippen LogP contribution is -2.36. The van der Waals surface area contributed by atoms with Crippen LogP contribution in [0.25, 0.3) is 10.9 Å². The number of hydrogen-bond acceptors (Lipinski definition) is 5. The van der Waals surface area contributed by atoms with Crippen LogP contribution >= 0.6 is 0 Å². The average Bonchev–Trinajstić information content (AvgIpc) is 3.34. The van der Waals surface area contributed by atoms with E-state index in [0.29, 0.717) is 31.7 Å². The average molecular weight is 479 g/mol. The third kappa shape index (κ3) is 6.78. The zero-order chi connectivity index (χ0) is 25.4. The summed E-state index contributed by atoms with van der Waals surface area (Å²) in [5.74, 6) is -2.76. The number of benzene rings is 2. The van der Waals surface area contributed by atoms with Gasteiger partial charge in [0.2, 0.25) is 0 Å². The normalized spacial score (nSPS) is 15.2. The second-order valence-corrected chi connectivity index (χ2v) is 7.87. The van der Waals surface area contributed by atoms with Crippen LogP contribution in [0.3, 0.4) is 0 Å². The number of carboxylic acids is 2. The van der Waals surface area contributed by atoms with Crippen LogP contribution < -0.4 is 11.1 Å². The Kier molecular flexibility index (Phi) is 8.36. The SMILES string of the molecule is NCCc1c[nH]c2ccc(CC3C(=O)NC(=O)N3Cc3ccccc3)cc12.O=C(O)/C=C\C(=O)O. The van der Waals surface area contributed by atoms with Crippen LogP contribution in [0.2, 0.25) is 0 Å². The maximum atomic E-state index is 12.4. The molecule has 1 aliphatic heterocycles. The highest BCUT2D eigenvalue weighted by Gasteiger charge is 2.38. The Balaban J connectivity index is 0.000000371. The van der Waals surface area contributed by atoms with Crippen molar-refractivity contribution in [3.05, 3.63) is 83.6 Å². The molecule has 0 saturated carbocycles. The first-order chi connectivity index (χ1) is 16.8. The first-order valence-electron chi connectivity index (χ1n) is 10.9. The van der Waals surface area contributed by atoms with Gasteiger partial charge in [0.05, 0.1) is 0 Å². The monoisotopic (exact) mass is 478 g/mol. The molecule has 182 valence electrons. The molecule has 6 N–H and O–H groups in total. The van der Waals surface area contributed by atoms with E-state index >= 15 is 0 Å². The second kappa shape index (κ2) is 11.6. The zero-order valence-corrected chi connectivity index (χ0v) is 18.8. The van der Waals surface area contributed by atoms with Crippen molar-refractivity contribution >= 4 is 34.8 Å². The first kappa shape index (κ1) is 25.2. The van der Waals surface area contributed by atoms with Gasteiger partial charge in [-0.15, -0.1) is 0 Å². The smallest absolute Gasteiger partial charge is 0.328 e. The highest BCUT2D eigenvalue weighted by atomic mass is 16.4. The number of carboxylic acid groups (broad SMARTS) is 2. The molecule has 35 heavy (non-hydrogen) atoms. The zero-order valence-electron chi connectivity index (χ0n) is 18.8. The molecule has 2 aromatic carbocycles. The van der Waals surface area contributed by atoms with Gasteiger partial charge in [-0.25, -0.2) is 14.4 Å². The van der Waals surface area contributed by atoms with Gasteiger partial charge in [-0.3, -0.25) is 10.1 Å². The molecule has 1 aromatic heterocycles. The van der Waals surface area contributed by atoms with Crippen molar-refractivity contribution in [2.45, 2.75) is 25.4 Å². The standard InChI is InChI=1S/C21H22N4O2.C4H4O4/c22-9-8-16-12-23-18-7-6-15(10-17(16)18)11-19-20(26)24-21(27)25(19)13-14-4-2-1-3-5-14;5-3(6)1-2-4(7)8/h1-7,10,12,19,23H,8-9,11,13,22H2,(H,24,26,27);1-2H,(H,5,6)(H,7,8)/b;2-1-. The van der Waals surface area contributed by atoms with Crippen LogP contribution in [0.5, 0.6) is 0 Å².